The number of nitrogens with one attached hydrogen (secondary N) is 2. The van der Waals surface area contributed by atoms with Gasteiger partial charge in [0.15, 0.2) is 5.96 Å². The molecule has 0 spiro atoms. The van der Waals surface area contributed by atoms with E-state index in [4.69, 9.17) is 0 Å². The Kier molecular flexibility index (Phi) is 10.3. The Hall–Kier alpha value is 0.280. The number of aliphatic imine (C=N–C) groups is 1. The van der Waals surface area contributed by atoms with Gasteiger partial charge in [-0.3, -0.25) is 9.38 Å². The van der Waals surface area contributed by atoms with Crippen molar-refractivity contribution in [1.82, 2.24) is 10.6 Å². The Labute approximate surface area is 131 Å². The topological polar surface area (TPSA) is 36.4 Å². The molecule has 1 unspecified atom stereocenters. The molecule has 0 aromatic heterocycles. The molecule has 1 rings (SSSR count). The summed E-state index contributed by atoms with van der Waals surface area (Å²) in [6.45, 7) is 6.36. The molecule has 0 aromatic rings. The van der Waals surface area contributed by atoms with Gasteiger partial charge in [0, 0.05) is 17.8 Å². The van der Waals surface area contributed by atoms with Gasteiger partial charge in [0.05, 0.1) is 13.2 Å². The van der Waals surface area contributed by atoms with Crippen LogP contribution in [-0.4, -0.2) is 42.8 Å². The molecule has 0 radical (unpaired) electrons. The summed E-state index contributed by atoms with van der Waals surface area (Å²) in [5.74, 6) is 2.06. The summed E-state index contributed by atoms with van der Waals surface area (Å²) in [5, 5.41) is 6.34. The number of nitrogens with zero attached hydrogens (tertiary/aromatic N) is 1. The molecule has 0 saturated carbocycles. The van der Waals surface area contributed by atoms with Gasteiger partial charge in [-0.25, -0.2) is 0 Å². The predicted octanol–water partition coefficient (Wildman–Crippen LogP) is 2.80. The summed E-state index contributed by atoms with van der Waals surface area (Å²) in [5.41, 5.74) is 0. The largest absolute Gasteiger partial charge is 0.357 e. The van der Waals surface area contributed by atoms with Crippen molar-refractivity contribution in [1.29, 1.82) is 0 Å². The van der Waals surface area contributed by atoms with Crippen molar-refractivity contribution in [3.05, 3.63) is 0 Å². The summed E-state index contributed by atoms with van der Waals surface area (Å²) in [7, 11) is 0. The van der Waals surface area contributed by atoms with Crippen LogP contribution in [0.15, 0.2) is 4.99 Å². The Balaban J connectivity index is 0.00000289. The van der Waals surface area contributed by atoms with Crippen molar-refractivity contribution in [3.63, 3.8) is 0 Å². The molecule has 1 fully saturated rings. The predicted molar refractivity (Wildman–Crippen MR) is 90.1 cm³/mol. The monoisotopic (exact) mass is 389 g/mol. The summed E-state index contributed by atoms with van der Waals surface area (Å²) in [4.78, 5) is 4.59. The number of thioether (sulfide) groups is 1. The normalized spacial score (nSPS) is 23.6. The van der Waals surface area contributed by atoms with Crippen molar-refractivity contribution in [2.24, 2.45) is 4.99 Å². The van der Waals surface area contributed by atoms with Crippen molar-refractivity contribution in [3.8, 4) is 0 Å². The number of rotatable bonds is 6. The van der Waals surface area contributed by atoms with Gasteiger partial charge in [0.2, 0.25) is 0 Å². The van der Waals surface area contributed by atoms with Gasteiger partial charge in [-0.2, -0.15) is 11.8 Å². The molecule has 2 N–H and O–H groups in total. The third-order valence-corrected chi connectivity index (χ3v) is 4.34. The second kappa shape index (κ2) is 10.1. The molecule has 1 heterocycles. The Morgan fingerprint density at radius 3 is 2.78 bits per heavy atom. The summed E-state index contributed by atoms with van der Waals surface area (Å²) in [6, 6.07) is 0. The van der Waals surface area contributed by atoms with Crippen LogP contribution in [0.5, 0.6) is 0 Å². The molecule has 1 saturated heterocycles. The van der Waals surface area contributed by atoms with Gasteiger partial charge in [0.1, 0.15) is 0 Å². The summed E-state index contributed by atoms with van der Waals surface area (Å²) >= 11 is 2.01. The Bertz CT molecular complexity index is 245. The highest BCUT2D eigenvalue weighted by Crippen LogP contribution is 2.37. The van der Waals surface area contributed by atoms with Crippen LogP contribution < -0.4 is 10.6 Å². The van der Waals surface area contributed by atoms with Crippen molar-refractivity contribution in [2.45, 2.75) is 37.9 Å². The Morgan fingerprint density at radius 1 is 1.44 bits per heavy atom. The summed E-state index contributed by atoms with van der Waals surface area (Å²) < 4.78 is 12.3. The fraction of sp³-hybridized carbons (Fsp3) is 0.917. The zero-order valence-electron chi connectivity index (χ0n) is 11.3. The van der Waals surface area contributed by atoms with Gasteiger partial charge in [-0.15, -0.1) is 24.0 Å². The number of hydrogen-bond donors (Lipinski definition) is 2. The molecule has 0 amide bonds. The van der Waals surface area contributed by atoms with Crippen LogP contribution in [0.3, 0.4) is 0 Å². The standard InChI is InChI=1S/C12H24FN3S.HI/c1-3-14-11(15-8-5-7-13)16-10-12(2)6-4-9-17-12;/h3-10H2,1-2H3,(H2,14,15,16);1H. The lowest BCUT2D eigenvalue weighted by atomic mass is 10.1. The Morgan fingerprint density at radius 2 is 2.22 bits per heavy atom. The van der Waals surface area contributed by atoms with Crippen LogP contribution >= 0.6 is 35.7 Å². The van der Waals surface area contributed by atoms with Gasteiger partial charge < -0.3 is 10.6 Å². The summed E-state index contributed by atoms with van der Waals surface area (Å²) in [6.07, 6.45) is 3.07. The fourth-order valence-corrected chi connectivity index (χ4v) is 3.05. The lowest BCUT2D eigenvalue weighted by molar-refractivity contribution is 0.470. The van der Waals surface area contributed by atoms with E-state index < -0.39 is 0 Å². The van der Waals surface area contributed by atoms with E-state index in [0.29, 0.717) is 17.7 Å². The molecule has 1 aliphatic heterocycles. The molecule has 0 bridgehead atoms. The van der Waals surface area contributed by atoms with Crippen molar-refractivity contribution < 1.29 is 4.39 Å². The number of guanidine groups is 1. The lowest BCUT2D eigenvalue weighted by Gasteiger charge is -2.20. The minimum atomic E-state index is -0.278. The second-order valence-electron chi connectivity index (χ2n) is 4.57. The van der Waals surface area contributed by atoms with E-state index in [1.165, 1.54) is 18.6 Å². The first-order valence-corrected chi connectivity index (χ1v) is 7.41. The molecule has 1 aliphatic rings. The average Bonchev–Trinajstić information content (AvgIpc) is 2.74. The van der Waals surface area contributed by atoms with E-state index in [0.717, 1.165) is 19.0 Å². The third kappa shape index (κ3) is 7.01. The molecule has 3 nitrogen and oxygen atoms in total. The first-order chi connectivity index (χ1) is 8.20. The average molecular weight is 389 g/mol. The highest BCUT2D eigenvalue weighted by Gasteiger charge is 2.29. The van der Waals surface area contributed by atoms with Gasteiger partial charge >= 0.3 is 0 Å². The van der Waals surface area contributed by atoms with Crippen LogP contribution in [0.2, 0.25) is 0 Å². The van der Waals surface area contributed by atoms with E-state index in [-0.39, 0.29) is 30.7 Å². The minimum absolute atomic E-state index is 0. The zero-order valence-corrected chi connectivity index (χ0v) is 14.4. The molecule has 0 aliphatic carbocycles. The van der Waals surface area contributed by atoms with Gasteiger partial charge in [0.25, 0.3) is 0 Å². The number of hydrogen-bond acceptors (Lipinski definition) is 2. The number of halogens is 2. The van der Waals surface area contributed by atoms with E-state index in [1.807, 2.05) is 18.7 Å². The SMILES string of the molecule is CCNC(=NCC1(C)CCCS1)NCCCF.I. The van der Waals surface area contributed by atoms with Crippen LogP contribution in [0.4, 0.5) is 4.39 Å². The first kappa shape index (κ1) is 18.3. The first-order valence-electron chi connectivity index (χ1n) is 6.42. The number of alkyl halides is 1. The van der Waals surface area contributed by atoms with E-state index in [1.54, 1.807) is 0 Å². The van der Waals surface area contributed by atoms with Crippen LogP contribution in [0, 0.1) is 0 Å². The van der Waals surface area contributed by atoms with Crippen LogP contribution in [-0.2, 0) is 0 Å². The highest BCUT2D eigenvalue weighted by molar-refractivity contribution is 14.0. The maximum atomic E-state index is 12.0. The van der Waals surface area contributed by atoms with Crippen LogP contribution in [0.25, 0.3) is 0 Å². The molecule has 18 heavy (non-hydrogen) atoms. The van der Waals surface area contributed by atoms with E-state index in [2.05, 4.69) is 22.5 Å². The van der Waals surface area contributed by atoms with Crippen LogP contribution in [0.1, 0.15) is 33.1 Å². The minimum Gasteiger partial charge on any atom is -0.357 e. The zero-order chi connectivity index (χ0) is 12.6. The molecule has 6 heteroatoms. The second-order valence-corrected chi connectivity index (χ2v) is 6.25. The highest BCUT2D eigenvalue weighted by atomic mass is 127. The maximum absolute atomic E-state index is 12.0. The fourth-order valence-electron chi connectivity index (χ4n) is 1.82. The van der Waals surface area contributed by atoms with Gasteiger partial charge in [-0.05, 0) is 38.9 Å². The quantitative estimate of drug-likeness (QED) is 0.318. The molecule has 0 aromatic carbocycles. The smallest absolute Gasteiger partial charge is 0.191 e. The lowest BCUT2D eigenvalue weighted by Crippen LogP contribution is -2.39. The maximum Gasteiger partial charge on any atom is 0.191 e. The third-order valence-electron chi connectivity index (χ3n) is 2.82. The van der Waals surface area contributed by atoms with Crippen molar-refractivity contribution >= 4 is 41.7 Å². The molecular weight excluding hydrogens is 364 g/mol. The molecular formula is C12H25FIN3S. The molecule has 108 valence electrons. The van der Waals surface area contributed by atoms with Crippen molar-refractivity contribution in [2.75, 3.05) is 32.1 Å². The van der Waals surface area contributed by atoms with Gasteiger partial charge in [-0.1, -0.05) is 0 Å². The van der Waals surface area contributed by atoms with E-state index >= 15 is 0 Å². The van der Waals surface area contributed by atoms with E-state index in [9.17, 15) is 4.39 Å². The molecule has 1 atom stereocenters.